The lowest BCUT2D eigenvalue weighted by atomic mass is 10.2. The Morgan fingerprint density at radius 2 is 1.93 bits per heavy atom. The quantitative estimate of drug-likeness (QED) is 0.582. The fraction of sp³-hybridized carbons (Fsp3) is 0.100. The van der Waals surface area contributed by atoms with Crippen molar-refractivity contribution < 1.29 is 23.1 Å². The Kier molecular flexibility index (Phi) is 7.08. The molecule has 2 N–H and O–H groups in total. The maximum Gasteiger partial charge on any atom is 0.387 e. The second kappa shape index (κ2) is 9.73. The summed E-state index contributed by atoms with van der Waals surface area (Å²) in [7, 11) is 0. The van der Waals surface area contributed by atoms with Crippen molar-refractivity contribution in [2.75, 3.05) is 11.9 Å². The highest BCUT2D eigenvalue weighted by molar-refractivity contribution is 5.98. The maximum atomic E-state index is 12.1. The third kappa shape index (κ3) is 7.00. The number of carbonyl (C=O) groups is 2. The standard InChI is InChI=1S/C20H16F2N2O3/c1-2-14-4-3-5-16(12-14)24-19(26)13-23-18(25)11-8-15-6-9-17(10-7-15)27-20(21)22/h1,3-12,20H,13H2,(H,23,25)(H,24,26). The van der Waals surface area contributed by atoms with Gasteiger partial charge < -0.3 is 15.4 Å². The Labute approximate surface area is 155 Å². The molecule has 0 unspecified atom stereocenters. The number of benzene rings is 2. The summed E-state index contributed by atoms with van der Waals surface area (Å²) in [6.07, 6.45) is 8.00. The third-order valence-corrected chi connectivity index (χ3v) is 3.27. The van der Waals surface area contributed by atoms with Crippen LogP contribution in [-0.4, -0.2) is 25.0 Å². The van der Waals surface area contributed by atoms with Gasteiger partial charge >= 0.3 is 6.61 Å². The number of terminal acetylenes is 1. The molecule has 5 nitrogen and oxygen atoms in total. The number of amides is 2. The average molecular weight is 370 g/mol. The van der Waals surface area contributed by atoms with Gasteiger partial charge in [-0.05, 0) is 42.0 Å². The van der Waals surface area contributed by atoms with Crippen LogP contribution in [-0.2, 0) is 9.59 Å². The van der Waals surface area contributed by atoms with Gasteiger partial charge in [-0.3, -0.25) is 9.59 Å². The molecule has 0 atom stereocenters. The van der Waals surface area contributed by atoms with E-state index in [9.17, 15) is 18.4 Å². The highest BCUT2D eigenvalue weighted by Crippen LogP contribution is 2.15. The molecule has 0 heterocycles. The first-order valence-corrected chi connectivity index (χ1v) is 7.83. The van der Waals surface area contributed by atoms with E-state index < -0.39 is 18.4 Å². The van der Waals surface area contributed by atoms with Crippen LogP contribution < -0.4 is 15.4 Å². The van der Waals surface area contributed by atoms with E-state index in [-0.39, 0.29) is 12.3 Å². The molecule has 0 aliphatic heterocycles. The van der Waals surface area contributed by atoms with Gasteiger partial charge in [-0.1, -0.05) is 24.1 Å². The highest BCUT2D eigenvalue weighted by Gasteiger charge is 2.05. The number of hydrogen-bond donors (Lipinski definition) is 2. The number of ether oxygens (including phenoxy) is 1. The summed E-state index contributed by atoms with van der Waals surface area (Å²) in [6.45, 7) is -3.11. The van der Waals surface area contributed by atoms with Gasteiger partial charge in [0.2, 0.25) is 11.8 Å². The van der Waals surface area contributed by atoms with Gasteiger partial charge in [0.25, 0.3) is 0 Å². The van der Waals surface area contributed by atoms with Crippen LogP contribution in [0.1, 0.15) is 11.1 Å². The first-order chi connectivity index (χ1) is 13.0. The van der Waals surface area contributed by atoms with E-state index in [2.05, 4.69) is 21.3 Å². The second-order valence-corrected chi connectivity index (χ2v) is 5.27. The number of carbonyl (C=O) groups excluding carboxylic acids is 2. The minimum atomic E-state index is -2.89. The second-order valence-electron chi connectivity index (χ2n) is 5.27. The predicted octanol–water partition coefficient (Wildman–Crippen LogP) is 3.04. The maximum absolute atomic E-state index is 12.1. The van der Waals surface area contributed by atoms with Gasteiger partial charge in [-0.25, -0.2) is 0 Å². The molecule has 2 amide bonds. The molecule has 0 fully saturated rings. The van der Waals surface area contributed by atoms with Crippen LogP contribution in [0.25, 0.3) is 6.08 Å². The number of nitrogens with one attached hydrogen (secondary N) is 2. The van der Waals surface area contributed by atoms with Crippen LogP contribution in [0.3, 0.4) is 0 Å². The van der Waals surface area contributed by atoms with Crippen molar-refractivity contribution in [1.82, 2.24) is 5.32 Å². The Bertz CT molecular complexity index is 872. The van der Waals surface area contributed by atoms with Crippen molar-refractivity contribution >= 4 is 23.6 Å². The summed E-state index contributed by atoms with van der Waals surface area (Å²) in [5.41, 5.74) is 1.78. The molecule has 0 saturated carbocycles. The van der Waals surface area contributed by atoms with Crippen LogP contribution in [0.5, 0.6) is 5.75 Å². The van der Waals surface area contributed by atoms with Crippen molar-refractivity contribution in [3.8, 4) is 18.1 Å². The van der Waals surface area contributed by atoms with Crippen LogP contribution in [0, 0.1) is 12.3 Å². The van der Waals surface area contributed by atoms with Crippen molar-refractivity contribution in [3.63, 3.8) is 0 Å². The summed E-state index contributed by atoms with van der Waals surface area (Å²) in [6, 6.07) is 12.5. The molecule has 2 aromatic carbocycles. The molecule has 0 aliphatic carbocycles. The summed E-state index contributed by atoms with van der Waals surface area (Å²) < 4.78 is 28.4. The zero-order valence-corrected chi connectivity index (χ0v) is 14.1. The summed E-state index contributed by atoms with van der Waals surface area (Å²) in [5, 5.41) is 5.06. The van der Waals surface area contributed by atoms with Gasteiger partial charge in [0.05, 0.1) is 6.54 Å². The summed E-state index contributed by atoms with van der Waals surface area (Å²) in [5.74, 6) is 1.61. The lowest BCUT2D eigenvalue weighted by Crippen LogP contribution is -2.31. The zero-order valence-electron chi connectivity index (χ0n) is 14.1. The van der Waals surface area contributed by atoms with E-state index in [4.69, 9.17) is 6.42 Å². The molecule has 0 saturated heterocycles. The normalized spacial score (nSPS) is 10.4. The molecule has 27 heavy (non-hydrogen) atoms. The van der Waals surface area contributed by atoms with Crippen LogP contribution in [0.2, 0.25) is 0 Å². The monoisotopic (exact) mass is 370 g/mol. The largest absolute Gasteiger partial charge is 0.435 e. The fourth-order valence-corrected chi connectivity index (χ4v) is 2.05. The van der Waals surface area contributed by atoms with E-state index >= 15 is 0 Å². The summed E-state index contributed by atoms with van der Waals surface area (Å²) >= 11 is 0. The van der Waals surface area contributed by atoms with E-state index in [1.54, 1.807) is 24.3 Å². The van der Waals surface area contributed by atoms with Gasteiger partial charge in [-0.15, -0.1) is 6.42 Å². The molecule has 0 radical (unpaired) electrons. The number of halogens is 2. The molecule has 0 aromatic heterocycles. The predicted molar refractivity (Wildman–Crippen MR) is 98.1 cm³/mol. The molecule has 7 heteroatoms. The van der Waals surface area contributed by atoms with Crippen LogP contribution in [0.4, 0.5) is 14.5 Å². The first-order valence-electron chi connectivity index (χ1n) is 7.83. The number of anilines is 1. The van der Waals surface area contributed by atoms with E-state index in [0.29, 0.717) is 16.8 Å². The molecule has 0 aliphatic rings. The Hall–Kier alpha value is -3.66. The molecular formula is C20H16F2N2O3. The Morgan fingerprint density at radius 3 is 2.59 bits per heavy atom. The smallest absolute Gasteiger partial charge is 0.387 e. The summed E-state index contributed by atoms with van der Waals surface area (Å²) in [4.78, 5) is 23.6. The van der Waals surface area contributed by atoms with Gasteiger partial charge in [-0.2, -0.15) is 8.78 Å². The van der Waals surface area contributed by atoms with Crippen LogP contribution in [0.15, 0.2) is 54.6 Å². The van der Waals surface area contributed by atoms with E-state index in [1.165, 1.54) is 36.4 Å². The van der Waals surface area contributed by atoms with Gasteiger partial charge in [0.15, 0.2) is 0 Å². The SMILES string of the molecule is C#Cc1cccc(NC(=O)CNC(=O)C=Cc2ccc(OC(F)F)cc2)c1. The Morgan fingerprint density at radius 1 is 1.19 bits per heavy atom. The van der Waals surface area contributed by atoms with Gasteiger partial charge in [0.1, 0.15) is 5.75 Å². The first kappa shape index (κ1) is 19.7. The zero-order chi connectivity index (χ0) is 19.6. The van der Waals surface area contributed by atoms with Crippen molar-refractivity contribution in [2.45, 2.75) is 6.61 Å². The van der Waals surface area contributed by atoms with Crippen molar-refractivity contribution in [1.29, 1.82) is 0 Å². The lowest BCUT2D eigenvalue weighted by Gasteiger charge is -2.06. The highest BCUT2D eigenvalue weighted by atomic mass is 19.3. The minimum Gasteiger partial charge on any atom is -0.435 e. The average Bonchev–Trinajstić information content (AvgIpc) is 2.65. The molecule has 2 rings (SSSR count). The molecule has 0 bridgehead atoms. The van der Waals surface area contributed by atoms with Crippen molar-refractivity contribution in [2.24, 2.45) is 0 Å². The fourth-order valence-electron chi connectivity index (χ4n) is 2.05. The molecule has 2 aromatic rings. The van der Waals surface area contributed by atoms with Gasteiger partial charge in [0, 0.05) is 17.3 Å². The molecular weight excluding hydrogens is 354 g/mol. The lowest BCUT2D eigenvalue weighted by molar-refractivity contribution is -0.121. The Balaban J connectivity index is 1.80. The molecule has 0 spiro atoms. The van der Waals surface area contributed by atoms with Crippen LogP contribution >= 0.6 is 0 Å². The molecule has 138 valence electrons. The van der Waals surface area contributed by atoms with Crippen molar-refractivity contribution in [3.05, 3.63) is 65.7 Å². The number of rotatable bonds is 7. The number of alkyl halides is 2. The van der Waals surface area contributed by atoms with E-state index in [0.717, 1.165) is 0 Å². The minimum absolute atomic E-state index is 0.0252. The number of hydrogen-bond acceptors (Lipinski definition) is 3. The topological polar surface area (TPSA) is 67.4 Å². The third-order valence-electron chi connectivity index (χ3n) is 3.27. The van der Waals surface area contributed by atoms with E-state index in [1.807, 2.05) is 0 Å².